The van der Waals surface area contributed by atoms with Gasteiger partial charge >= 0.3 is 0 Å². The molecule has 0 spiro atoms. The first-order chi connectivity index (χ1) is 6.86. The maximum atomic E-state index is 8.95. The number of para-hydroxylation sites is 1. The van der Waals surface area contributed by atoms with Crippen LogP contribution >= 0.6 is 0 Å². The highest BCUT2D eigenvalue weighted by Crippen LogP contribution is 2.19. The van der Waals surface area contributed by atoms with E-state index < -0.39 is 0 Å². The first-order valence-electron chi connectivity index (χ1n) is 5.05. The monoisotopic (exact) mass is 189 g/mol. The van der Waals surface area contributed by atoms with Crippen LogP contribution in [0, 0.1) is 0 Å². The number of rotatable bonds is 3. The quantitative estimate of drug-likeness (QED) is 0.786. The first-order valence-corrected chi connectivity index (χ1v) is 5.05. The summed E-state index contributed by atoms with van der Waals surface area (Å²) in [5, 5.41) is 10.2. The van der Waals surface area contributed by atoms with Gasteiger partial charge in [-0.3, -0.25) is 0 Å². The van der Waals surface area contributed by atoms with Crippen molar-refractivity contribution in [3.8, 4) is 0 Å². The lowest BCUT2D eigenvalue weighted by Gasteiger charge is -2.05. The van der Waals surface area contributed by atoms with Crippen LogP contribution in [0.2, 0.25) is 0 Å². The van der Waals surface area contributed by atoms with Crippen molar-refractivity contribution in [2.45, 2.75) is 19.9 Å². The molecule has 0 unspecified atom stereocenters. The topological polar surface area (TPSA) is 25.2 Å². The van der Waals surface area contributed by atoms with E-state index in [2.05, 4.69) is 35.8 Å². The summed E-state index contributed by atoms with van der Waals surface area (Å²) in [6.07, 6.45) is 0.739. The number of aromatic nitrogens is 1. The molecule has 2 rings (SSSR count). The molecule has 2 nitrogen and oxygen atoms in total. The number of benzene rings is 1. The Hall–Kier alpha value is -1.28. The maximum absolute atomic E-state index is 8.95. The molecule has 0 saturated heterocycles. The zero-order valence-corrected chi connectivity index (χ0v) is 8.40. The van der Waals surface area contributed by atoms with Gasteiger partial charge < -0.3 is 9.67 Å². The van der Waals surface area contributed by atoms with Crippen LogP contribution in [0.25, 0.3) is 10.9 Å². The molecule has 0 aliphatic rings. The zero-order valence-electron chi connectivity index (χ0n) is 8.40. The van der Waals surface area contributed by atoms with Gasteiger partial charge in [-0.05, 0) is 24.4 Å². The predicted octanol–water partition coefficient (Wildman–Crippen LogP) is 2.20. The van der Waals surface area contributed by atoms with Crippen molar-refractivity contribution >= 4 is 10.9 Å². The fourth-order valence-electron chi connectivity index (χ4n) is 1.96. The molecule has 0 amide bonds. The van der Waals surface area contributed by atoms with Crippen molar-refractivity contribution < 1.29 is 5.11 Å². The van der Waals surface area contributed by atoms with E-state index >= 15 is 0 Å². The standard InChI is InChI=1S/C12H15NO/c1-2-13-11(7-8-14)9-10-5-3-4-6-12(10)13/h3-6,9,14H,2,7-8H2,1H3. The third-order valence-electron chi connectivity index (χ3n) is 2.58. The number of aliphatic hydroxyl groups excluding tert-OH is 1. The molecule has 14 heavy (non-hydrogen) atoms. The van der Waals surface area contributed by atoms with E-state index in [1.165, 1.54) is 16.6 Å². The lowest BCUT2D eigenvalue weighted by atomic mass is 10.2. The Kier molecular flexibility index (Phi) is 2.55. The van der Waals surface area contributed by atoms with Gasteiger partial charge in [0.1, 0.15) is 0 Å². The summed E-state index contributed by atoms with van der Waals surface area (Å²) in [4.78, 5) is 0. The Balaban J connectivity index is 2.60. The maximum Gasteiger partial charge on any atom is 0.0485 e. The molecule has 0 aliphatic heterocycles. The fourth-order valence-corrected chi connectivity index (χ4v) is 1.96. The number of hydrogen-bond donors (Lipinski definition) is 1. The highest BCUT2D eigenvalue weighted by atomic mass is 16.3. The predicted molar refractivity (Wildman–Crippen MR) is 58.4 cm³/mol. The van der Waals surface area contributed by atoms with E-state index in [4.69, 9.17) is 5.11 Å². The molecule has 0 bridgehead atoms. The van der Waals surface area contributed by atoms with Crippen molar-refractivity contribution in [2.75, 3.05) is 6.61 Å². The SMILES string of the molecule is CCn1c(CCO)cc2ccccc21. The first kappa shape index (κ1) is 9.28. The van der Waals surface area contributed by atoms with E-state index in [-0.39, 0.29) is 6.61 Å². The molecular formula is C12H15NO. The van der Waals surface area contributed by atoms with Crippen LogP contribution in [0.4, 0.5) is 0 Å². The summed E-state index contributed by atoms with van der Waals surface area (Å²) in [7, 11) is 0. The van der Waals surface area contributed by atoms with E-state index in [1.54, 1.807) is 0 Å². The molecule has 0 aliphatic carbocycles. The van der Waals surface area contributed by atoms with Crippen molar-refractivity contribution in [1.82, 2.24) is 4.57 Å². The third-order valence-corrected chi connectivity index (χ3v) is 2.58. The van der Waals surface area contributed by atoms with Crippen molar-refractivity contribution in [3.63, 3.8) is 0 Å². The highest BCUT2D eigenvalue weighted by molar-refractivity contribution is 5.81. The molecular weight excluding hydrogens is 174 g/mol. The van der Waals surface area contributed by atoms with Gasteiger partial charge in [0.2, 0.25) is 0 Å². The molecule has 1 aromatic heterocycles. The Morgan fingerprint density at radius 2 is 2.07 bits per heavy atom. The highest BCUT2D eigenvalue weighted by Gasteiger charge is 2.05. The fraction of sp³-hybridized carbons (Fsp3) is 0.333. The molecule has 1 heterocycles. The van der Waals surface area contributed by atoms with Crippen LogP contribution in [-0.4, -0.2) is 16.3 Å². The summed E-state index contributed by atoms with van der Waals surface area (Å²) in [6.45, 7) is 3.31. The molecule has 74 valence electrons. The second-order valence-corrected chi connectivity index (χ2v) is 3.41. The number of aliphatic hydroxyl groups is 1. The van der Waals surface area contributed by atoms with Gasteiger partial charge in [0, 0.05) is 30.8 Å². The number of nitrogens with zero attached hydrogens (tertiary/aromatic N) is 1. The average Bonchev–Trinajstić information content (AvgIpc) is 2.55. The van der Waals surface area contributed by atoms with Crippen molar-refractivity contribution in [2.24, 2.45) is 0 Å². The van der Waals surface area contributed by atoms with Gasteiger partial charge in [-0.25, -0.2) is 0 Å². The second kappa shape index (κ2) is 3.84. The van der Waals surface area contributed by atoms with Gasteiger partial charge in [-0.1, -0.05) is 18.2 Å². The minimum absolute atomic E-state index is 0.219. The Morgan fingerprint density at radius 3 is 2.79 bits per heavy atom. The summed E-state index contributed by atoms with van der Waals surface area (Å²) < 4.78 is 2.26. The molecule has 0 atom stereocenters. The van der Waals surface area contributed by atoms with Gasteiger partial charge in [0.05, 0.1) is 0 Å². The lowest BCUT2D eigenvalue weighted by Crippen LogP contribution is -2.02. The van der Waals surface area contributed by atoms with Crippen LogP contribution in [0.1, 0.15) is 12.6 Å². The largest absolute Gasteiger partial charge is 0.396 e. The van der Waals surface area contributed by atoms with Crippen molar-refractivity contribution in [3.05, 3.63) is 36.0 Å². The van der Waals surface area contributed by atoms with Crippen LogP contribution in [0.3, 0.4) is 0 Å². The molecule has 0 fully saturated rings. The van der Waals surface area contributed by atoms with Crippen LogP contribution in [0.15, 0.2) is 30.3 Å². The van der Waals surface area contributed by atoms with Crippen LogP contribution in [-0.2, 0) is 13.0 Å². The van der Waals surface area contributed by atoms with Gasteiger partial charge in [-0.2, -0.15) is 0 Å². The minimum Gasteiger partial charge on any atom is -0.396 e. The number of fused-ring (bicyclic) bond motifs is 1. The molecule has 2 heteroatoms. The van der Waals surface area contributed by atoms with Crippen LogP contribution < -0.4 is 0 Å². The third kappa shape index (κ3) is 1.42. The normalized spacial score (nSPS) is 11.0. The van der Waals surface area contributed by atoms with Gasteiger partial charge in [0.25, 0.3) is 0 Å². The minimum atomic E-state index is 0.219. The summed E-state index contributed by atoms with van der Waals surface area (Å²) in [6, 6.07) is 10.5. The van der Waals surface area contributed by atoms with Gasteiger partial charge in [0.15, 0.2) is 0 Å². The molecule has 0 radical (unpaired) electrons. The van der Waals surface area contributed by atoms with Crippen LogP contribution in [0.5, 0.6) is 0 Å². The summed E-state index contributed by atoms with van der Waals surface area (Å²) >= 11 is 0. The zero-order chi connectivity index (χ0) is 9.97. The summed E-state index contributed by atoms with van der Waals surface area (Å²) in [5.74, 6) is 0. The van der Waals surface area contributed by atoms with Gasteiger partial charge in [-0.15, -0.1) is 0 Å². The number of hydrogen-bond acceptors (Lipinski definition) is 1. The van der Waals surface area contributed by atoms with E-state index in [9.17, 15) is 0 Å². The molecule has 2 aromatic rings. The van der Waals surface area contributed by atoms with E-state index in [1.807, 2.05) is 6.07 Å². The molecule has 1 aromatic carbocycles. The smallest absolute Gasteiger partial charge is 0.0485 e. The lowest BCUT2D eigenvalue weighted by molar-refractivity contribution is 0.296. The number of aryl methyl sites for hydroxylation is 1. The van der Waals surface area contributed by atoms with E-state index in [0.717, 1.165) is 13.0 Å². The Bertz CT molecular complexity index is 431. The van der Waals surface area contributed by atoms with Crippen molar-refractivity contribution in [1.29, 1.82) is 0 Å². The Labute approximate surface area is 83.8 Å². The second-order valence-electron chi connectivity index (χ2n) is 3.41. The van der Waals surface area contributed by atoms with E-state index in [0.29, 0.717) is 0 Å². The molecule has 1 N–H and O–H groups in total. The molecule has 0 saturated carbocycles. The average molecular weight is 189 g/mol. The Morgan fingerprint density at radius 1 is 1.29 bits per heavy atom. The summed E-state index contributed by atoms with van der Waals surface area (Å²) in [5.41, 5.74) is 2.48.